The molecular weight excluding hydrogens is 418 g/mol. The van der Waals surface area contributed by atoms with Gasteiger partial charge in [-0.05, 0) is 42.2 Å². The molecule has 2 aromatic heterocycles. The first-order valence-corrected chi connectivity index (χ1v) is 11.0. The zero-order chi connectivity index (χ0) is 23.8. The third kappa shape index (κ3) is 4.89. The Morgan fingerprint density at radius 1 is 1.12 bits per heavy atom. The summed E-state index contributed by atoms with van der Waals surface area (Å²) in [6.07, 6.45) is 6.42. The zero-order valence-electron chi connectivity index (χ0n) is 19.6. The highest BCUT2D eigenvalue weighted by atomic mass is 16.6. The number of ether oxygens (including phenoxy) is 1. The quantitative estimate of drug-likeness (QED) is 0.579. The molecule has 8 nitrogen and oxygen atoms in total. The highest BCUT2D eigenvalue weighted by molar-refractivity contribution is 6.03. The van der Waals surface area contributed by atoms with E-state index >= 15 is 0 Å². The van der Waals surface area contributed by atoms with Crippen LogP contribution in [-0.2, 0) is 11.3 Å². The predicted octanol–water partition coefficient (Wildman–Crippen LogP) is 4.75. The number of pyridine rings is 1. The average molecular weight is 448 g/mol. The van der Waals surface area contributed by atoms with E-state index in [9.17, 15) is 9.59 Å². The van der Waals surface area contributed by atoms with Crippen LogP contribution in [0.2, 0.25) is 0 Å². The van der Waals surface area contributed by atoms with Gasteiger partial charge in [-0.1, -0.05) is 26.8 Å². The minimum absolute atomic E-state index is 0.0743. The van der Waals surface area contributed by atoms with E-state index in [-0.39, 0.29) is 17.4 Å². The first kappa shape index (κ1) is 22.5. The van der Waals surface area contributed by atoms with Gasteiger partial charge in [-0.15, -0.1) is 0 Å². The van der Waals surface area contributed by atoms with Gasteiger partial charge < -0.3 is 9.64 Å². The number of aromatic nitrogens is 3. The number of carbonyl (C=O) groups excluding carboxylic acids is 2. The molecule has 0 radical (unpaired) electrons. The zero-order valence-corrected chi connectivity index (χ0v) is 19.6. The van der Waals surface area contributed by atoms with Crippen molar-refractivity contribution in [3.05, 3.63) is 55.1 Å². The van der Waals surface area contributed by atoms with Gasteiger partial charge >= 0.3 is 6.09 Å². The fourth-order valence-corrected chi connectivity index (χ4v) is 4.11. The summed E-state index contributed by atoms with van der Waals surface area (Å²) in [6, 6.07) is 8.95. The number of nitrogens with zero attached hydrogens (tertiary/aromatic N) is 5. The normalized spacial score (nSPS) is 15.8. The first-order valence-electron chi connectivity index (χ1n) is 11.0. The van der Waals surface area contributed by atoms with E-state index in [0.717, 1.165) is 17.7 Å². The summed E-state index contributed by atoms with van der Waals surface area (Å²) in [5, 5.41) is 4.50. The lowest BCUT2D eigenvalue weighted by atomic mass is 9.97. The fraction of sp³-hybridized carbons (Fsp3) is 0.360. The molecule has 172 valence electrons. The van der Waals surface area contributed by atoms with Gasteiger partial charge in [0.25, 0.3) is 0 Å². The Morgan fingerprint density at radius 2 is 1.91 bits per heavy atom. The van der Waals surface area contributed by atoms with E-state index in [2.05, 4.69) is 30.9 Å². The van der Waals surface area contributed by atoms with Gasteiger partial charge in [0.15, 0.2) is 5.75 Å². The Hall–Kier alpha value is -3.68. The van der Waals surface area contributed by atoms with Crippen LogP contribution in [0.5, 0.6) is 5.75 Å². The van der Waals surface area contributed by atoms with Crippen LogP contribution >= 0.6 is 0 Å². The van der Waals surface area contributed by atoms with Gasteiger partial charge in [0.05, 0.1) is 29.8 Å². The van der Waals surface area contributed by atoms with Crippen LogP contribution in [0.15, 0.2) is 55.1 Å². The summed E-state index contributed by atoms with van der Waals surface area (Å²) in [4.78, 5) is 32.8. The smallest absolute Gasteiger partial charge is 0.408 e. The van der Waals surface area contributed by atoms with Gasteiger partial charge in [0.2, 0.25) is 5.91 Å². The summed E-state index contributed by atoms with van der Waals surface area (Å²) in [5.41, 5.74) is 3.25. The molecule has 1 aromatic carbocycles. The number of rotatable bonds is 3. The number of fused-ring (bicyclic) bond motifs is 1. The van der Waals surface area contributed by atoms with Crippen LogP contribution in [0.3, 0.4) is 0 Å². The molecule has 1 aliphatic rings. The Morgan fingerprint density at radius 3 is 2.58 bits per heavy atom. The molecule has 0 unspecified atom stereocenters. The topological polar surface area (TPSA) is 80.6 Å². The van der Waals surface area contributed by atoms with Gasteiger partial charge in [-0.25, -0.2) is 4.79 Å². The fourth-order valence-electron chi connectivity index (χ4n) is 4.11. The first-order chi connectivity index (χ1) is 15.6. The predicted molar refractivity (Wildman–Crippen MR) is 127 cm³/mol. The number of amides is 2. The molecule has 8 heteroatoms. The molecule has 0 bridgehead atoms. The SMILES string of the molecule is CC(=O)N1c2ccc(-c3cnn(CC(C)(C)C)c3)cc2N(C(=O)Oc2cccnc2)C[C@@H]1C. The van der Waals surface area contributed by atoms with Crippen molar-refractivity contribution in [3.63, 3.8) is 0 Å². The largest absolute Gasteiger partial charge is 0.419 e. The van der Waals surface area contributed by atoms with Crippen molar-refractivity contribution in [2.45, 2.75) is 47.2 Å². The van der Waals surface area contributed by atoms with E-state index in [4.69, 9.17) is 4.74 Å². The molecule has 3 heterocycles. The molecule has 33 heavy (non-hydrogen) atoms. The lowest BCUT2D eigenvalue weighted by Gasteiger charge is -2.40. The number of carbonyl (C=O) groups is 2. The molecule has 1 aliphatic heterocycles. The second-order valence-electron chi connectivity index (χ2n) is 9.60. The lowest BCUT2D eigenvalue weighted by Crippen LogP contribution is -2.52. The van der Waals surface area contributed by atoms with E-state index in [1.54, 1.807) is 28.1 Å². The Bertz CT molecular complexity index is 1170. The second kappa shape index (κ2) is 8.69. The number of benzene rings is 1. The molecule has 0 fully saturated rings. The van der Waals surface area contributed by atoms with Gasteiger partial charge in [0.1, 0.15) is 0 Å². The van der Waals surface area contributed by atoms with Crippen LogP contribution in [0.1, 0.15) is 34.6 Å². The Kier molecular flexibility index (Phi) is 5.93. The molecule has 4 rings (SSSR count). The van der Waals surface area contributed by atoms with Crippen LogP contribution in [-0.4, -0.2) is 39.4 Å². The summed E-state index contributed by atoms with van der Waals surface area (Å²) in [5.74, 6) is 0.292. The molecule has 3 aromatic rings. The third-order valence-electron chi connectivity index (χ3n) is 5.42. The number of anilines is 2. The van der Waals surface area contributed by atoms with Crippen LogP contribution in [0.4, 0.5) is 16.2 Å². The summed E-state index contributed by atoms with van der Waals surface area (Å²) < 4.78 is 7.49. The monoisotopic (exact) mass is 447 g/mol. The lowest BCUT2D eigenvalue weighted by molar-refractivity contribution is -0.117. The van der Waals surface area contributed by atoms with E-state index in [0.29, 0.717) is 23.7 Å². The number of hydrogen-bond donors (Lipinski definition) is 0. The van der Waals surface area contributed by atoms with Crippen molar-refractivity contribution in [1.29, 1.82) is 0 Å². The second-order valence-corrected chi connectivity index (χ2v) is 9.60. The van der Waals surface area contributed by atoms with Crippen LogP contribution in [0, 0.1) is 5.41 Å². The molecule has 2 amide bonds. The van der Waals surface area contributed by atoms with Crippen LogP contribution < -0.4 is 14.5 Å². The maximum absolute atomic E-state index is 13.1. The molecular formula is C25H29N5O3. The molecule has 0 saturated carbocycles. The van der Waals surface area contributed by atoms with Crippen molar-refractivity contribution in [1.82, 2.24) is 14.8 Å². The standard InChI is InChI=1S/C25H29N5O3/c1-17-14-29(24(32)33-21-7-6-10-26-13-21)23-11-19(8-9-22(23)30(17)18(2)31)20-12-27-28(15-20)16-25(3,4)5/h6-13,15,17H,14,16H2,1-5H3/t17-/m0/s1. The van der Waals surface area contributed by atoms with Gasteiger partial charge in [-0.3, -0.25) is 19.4 Å². The molecule has 1 atom stereocenters. The number of hydrogen-bond acceptors (Lipinski definition) is 5. The van der Waals surface area contributed by atoms with Crippen LogP contribution in [0.25, 0.3) is 11.1 Å². The Labute approximate surface area is 193 Å². The third-order valence-corrected chi connectivity index (χ3v) is 5.42. The van der Waals surface area contributed by atoms with Crippen molar-refractivity contribution < 1.29 is 14.3 Å². The highest BCUT2D eigenvalue weighted by Gasteiger charge is 2.35. The van der Waals surface area contributed by atoms with E-state index < -0.39 is 6.09 Å². The maximum atomic E-state index is 13.1. The van der Waals surface area contributed by atoms with Gasteiger partial charge in [-0.2, -0.15) is 5.10 Å². The molecule has 0 aliphatic carbocycles. The molecule has 0 spiro atoms. The highest BCUT2D eigenvalue weighted by Crippen LogP contribution is 2.39. The van der Waals surface area contributed by atoms with E-state index in [1.165, 1.54) is 13.1 Å². The summed E-state index contributed by atoms with van der Waals surface area (Å²) >= 11 is 0. The minimum Gasteiger partial charge on any atom is -0.408 e. The Balaban J connectivity index is 1.71. The van der Waals surface area contributed by atoms with Crippen molar-refractivity contribution in [2.24, 2.45) is 5.41 Å². The van der Waals surface area contributed by atoms with Crippen molar-refractivity contribution in [3.8, 4) is 16.9 Å². The summed E-state index contributed by atoms with van der Waals surface area (Å²) in [6.45, 7) is 11.0. The maximum Gasteiger partial charge on any atom is 0.419 e. The van der Waals surface area contributed by atoms with E-state index in [1.807, 2.05) is 42.2 Å². The average Bonchev–Trinajstić information content (AvgIpc) is 3.20. The summed E-state index contributed by atoms with van der Waals surface area (Å²) in [7, 11) is 0. The van der Waals surface area contributed by atoms with Crippen molar-refractivity contribution >= 4 is 23.4 Å². The minimum atomic E-state index is -0.514. The van der Waals surface area contributed by atoms with Gasteiger partial charge in [0, 0.05) is 38.0 Å². The van der Waals surface area contributed by atoms with Crippen molar-refractivity contribution in [2.75, 3.05) is 16.3 Å². The molecule has 0 saturated heterocycles. The molecule has 0 N–H and O–H groups in total.